The zero-order valence-electron chi connectivity index (χ0n) is 40.3. The number of nitrogens with zero attached hydrogens (tertiary/aromatic N) is 8. The smallest absolute Gasteiger partial charge is 0.322 e. The maximum Gasteiger partial charge on any atom is 0.417 e. The Morgan fingerprint density at radius 3 is 1.96 bits per heavy atom. The van der Waals surface area contributed by atoms with Gasteiger partial charge in [0.25, 0.3) is 11.8 Å². The summed E-state index contributed by atoms with van der Waals surface area (Å²) in [4.78, 5) is 27.4. The number of anilines is 3. The lowest BCUT2D eigenvalue weighted by Gasteiger charge is -2.19. The van der Waals surface area contributed by atoms with Crippen LogP contribution in [0.1, 0.15) is 83.9 Å². The topological polar surface area (TPSA) is 176 Å². The van der Waals surface area contributed by atoms with Crippen LogP contribution in [0.25, 0.3) is 22.6 Å². The largest absolute Gasteiger partial charge is 0.417 e. The maximum atomic E-state index is 14.2. The summed E-state index contributed by atoms with van der Waals surface area (Å²) in [5, 5.41) is 29.8. The van der Waals surface area contributed by atoms with Crippen molar-refractivity contribution in [3.05, 3.63) is 157 Å². The van der Waals surface area contributed by atoms with Gasteiger partial charge in [0.05, 0.1) is 56.8 Å². The van der Waals surface area contributed by atoms with Gasteiger partial charge in [-0.05, 0) is 118 Å². The van der Waals surface area contributed by atoms with Gasteiger partial charge in [-0.15, -0.1) is 10.6 Å². The minimum absolute atomic E-state index is 0.0472. The highest BCUT2D eigenvalue weighted by Gasteiger charge is 2.36. The van der Waals surface area contributed by atoms with Gasteiger partial charge < -0.3 is 26.7 Å². The molecule has 0 bridgehead atoms. The van der Waals surface area contributed by atoms with Crippen LogP contribution in [0, 0.1) is 20.8 Å². The van der Waals surface area contributed by atoms with E-state index >= 15 is 0 Å². The number of alkyl halides is 6. The van der Waals surface area contributed by atoms with Gasteiger partial charge in [-0.1, -0.05) is 40.5 Å². The van der Waals surface area contributed by atoms with Crippen LogP contribution in [-0.4, -0.2) is 59.5 Å². The van der Waals surface area contributed by atoms with E-state index in [0.29, 0.717) is 35.7 Å². The van der Waals surface area contributed by atoms with Gasteiger partial charge in [0.1, 0.15) is 5.69 Å². The van der Waals surface area contributed by atoms with Crippen LogP contribution >= 0.6 is 23.2 Å². The van der Waals surface area contributed by atoms with Crippen LogP contribution in [0.4, 0.5) is 43.4 Å². The lowest BCUT2D eigenvalue weighted by atomic mass is 10.0. The fourth-order valence-corrected chi connectivity index (χ4v) is 9.03. The molecular weight excluding hydrogens is 1010 g/mol. The molecule has 2 aliphatic rings. The highest BCUT2D eigenvalue weighted by molar-refractivity contribution is 6.32. The monoisotopic (exact) mass is 1060 g/mol. The van der Waals surface area contributed by atoms with Gasteiger partial charge in [0, 0.05) is 83.9 Å². The van der Waals surface area contributed by atoms with Gasteiger partial charge in [0.15, 0.2) is 0 Å². The first-order valence-corrected chi connectivity index (χ1v) is 23.9. The number of aryl methyl sites for hydroxylation is 4. The van der Waals surface area contributed by atoms with E-state index in [0.717, 1.165) is 58.6 Å². The second-order valence-electron chi connectivity index (χ2n) is 18.0. The van der Waals surface area contributed by atoms with Crippen molar-refractivity contribution in [2.75, 3.05) is 22.7 Å². The molecule has 0 saturated heterocycles. The summed E-state index contributed by atoms with van der Waals surface area (Å²) >= 11 is 12.3. The standard InChI is InChI=1S/C50H48Cl2F6N14O2/c1-26-6-7-30(47(73)63-35-14-32(20-59-4)45(51)39(18-35)49(53,54)55)16-43(26)71-24-42(66-67-71)38-23-62-70(28(38)3)13-12-29-8-9-31(17-44(29)72-25-41(65-68-72)37-22-61-69(5)27(37)2)48(74)64-36-15-33(21-60-34-10-11-34)46(52)40(19-36)50(56,57)58/h6-9,14-19,22-25,34,59-60,66-67H,10-13,20-21H2,1-5H3,(H,63,73)(H,64,74). The Bertz CT molecular complexity index is 3340. The van der Waals surface area contributed by atoms with Crippen molar-refractivity contribution in [3.63, 3.8) is 0 Å². The van der Waals surface area contributed by atoms with Crippen molar-refractivity contribution < 1.29 is 35.9 Å². The zero-order chi connectivity index (χ0) is 52.8. The molecule has 1 saturated carbocycles. The molecule has 24 heteroatoms. The molecule has 0 atom stereocenters. The number of hydrazine groups is 2. The highest BCUT2D eigenvalue weighted by atomic mass is 35.5. The van der Waals surface area contributed by atoms with Crippen LogP contribution in [0.3, 0.4) is 0 Å². The second-order valence-corrected chi connectivity index (χ2v) is 18.8. The molecule has 386 valence electrons. The quantitative estimate of drug-likeness (QED) is 0.0509. The number of amides is 2. The molecule has 9 rings (SSSR count). The predicted molar refractivity (Wildman–Crippen MR) is 268 cm³/mol. The summed E-state index contributed by atoms with van der Waals surface area (Å²) in [6, 6.07) is 14.5. The SMILES string of the molecule is CNCc1cc(NC(=O)c2ccc(C)c(N3C=C(c4cnn(CCc5ccc(C(=O)Nc6cc(CNC7CC7)c(Cl)c(C(F)(F)F)c6)cc5-n5cc(-c6cnn(C)c6C)nn5)c4C)NN3)c2)cc(C(F)(F)F)c1Cl. The Morgan fingerprint density at radius 1 is 0.757 bits per heavy atom. The number of hydrogen-bond acceptors (Lipinski definition) is 11. The molecule has 0 unspecified atom stereocenters. The normalized spacial score (nSPS) is 13.9. The van der Waals surface area contributed by atoms with Crippen LogP contribution in [-0.2, 0) is 45.5 Å². The van der Waals surface area contributed by atoms with Crippen LogP contribution in [0.15, 0.2) is 85.5 Å². The van der Waals surface area contributed by atoms with Gasteiger partial charge in [-0.2, -0.15) is 36.5 Å². The number of nitrogens with one attached hydrogen (secondary N) is 6. The first kappa shape index (κ1) is 51.7. The molecule has 1 aliphatic heterocycles. The fourth-order valence-electron chi connectivity index (χ4n) is 8.46. The Hall–Kier alpha value is -7.24. The third-order valence-electron chi connectivity index (χ3n) is 12.8. The Kier molecular flexibility index (Phi) is 14.4. The van der Waals surface area contributed by atoms with Crippen molar-refractivity contribution >= 4 is 57.8 Å². The molecule has 7 aromatic rings. The lowest BCUT2D eigenvalue weighted by Crippen LogP contribution is -2.36. The van der Waals surface area contributed by atoms with E-state index in [-0.39, 0.29) is 52.8 Å². The molecular formula is C50H48Cl2F6N14O2. The molecule has 1 aliphatic carbocycles. The van der Waals surface area contributed by atoms with Crippen molar-refractivity contribution in [1.29, 1.82) is 0 Å². The third-order valence-corrected chi connectivity index (χ3v) is 13.7. The minimum atomic E-state index is -4.76. The Morgan fingerprint density at radius 2 is 1.36 bits per heavy atom. The van der Waals surface area contributed by atoms with E-state index in [1.807, 2.05) is 25.5 Å². The van der Waals surface area contributed by atoms with Crippen molar-refractivity contribution in [1.82, 2.24) is 56.1 Å². The average Bonchev–Trinajstić information content (AvgIpc) is 3.62. The number of carbonyl (C=O) groups is 2. The third kappa shape index (κ3) is 11.0. The van der Waals surface area contributed by atoms with Gasteiger partial charge in [-0.3, -0.25) is 24.0 Å². The van der Waals surface area contributed by atoms with Gasteiger partial charge >= 0.3 is 12.4 Å². The number of halogens is 8. The second kappa shape index (κ2) is 20.6. The van der Waals surface area contributed by atoms with E-state index in [9.17, 15) is 35.9 Å². The summed E-state index contributed by atoms with van der Waals surface area (Å²) in [5.41, 5.74) is 11.6. The average molecular weight is 1060 g/mol. The fraction of sp³-hybridized carbons (Fsp3) is 0.280. The summed E-state index contributed by atoms with van der Waals surface area (Å²) in [7, 11) is 3.38. The molecule has 0 spiro atoms. The molecule has 74 heavy (non-hydrogen) atoms. The van der Waals surface area contributed by atoms with E-state index in [1.54, 1.807) is 85.0 Å². The van der Waals surface area contributed by atoms with Crippen molar-refractivity contribution in [2.24, 2.45) is 7.05 Å². The van der Waals surface area contributed by atoms with E-state index in [4.69, 9.17) is 23.2 Å². The number of aromatic nitrogens is 7. The molecule has 4 heterocycles. The van der Waals surface area contributed by atoms with Crippen LogP contribution in [0.5, 0.6) is 0 Å². The molecule has 3 aromatic heterocycles. The van der Waals surface area contributed by atoms with Gasteiger partial charge in [-0.25, -0.2) is 4.68 Å². The summed E-state index contributed by atoms with van der Waals surface area (Å²) in [6.45, 7) is 6.15. The zero-order valence-corrected chi connectivity index (χ0v) is 41.8. The molecule has 0 radical (unpaired) electrons. The van der Waals surface area contributed by atoms with E-state index in [1.165, 1.54) is 16.8 Å². The first-order chi connectivity index (χ1) is 35.2. The highest BCUT2D eigenvalue weighted by Crippen LogP contribution is 2.41. The maximum absolute atomic E-state index is 14.2. The number of carbonyl (C=O) groups excluding carboxylic acids is 2. The Balaban J connectivity index is 0.946. The molecule has 6 N–H and O–H groups in total. The van der Waals surface area contributed by atoms with Crippen LogP contribution < -0.4 is 37.2 Å². The molecule has 4 aromatic carbocycles. The van der Waals surface area contributed by atoms with Crippen molar-refractivity contribution in [2.45, 2.75) is 78.1 Å². The number of rotatable bonds is 16. The molecule has 2 amide bonds. The lowest BCUT2D eigenvalue weighted by molar-refractivity contribution is -0.138. The first-order valence-electron chi connectivity index (χ1n) is 23.2. The van der Waals surface area contributed by atoms with E-state index in [2.05, 4.69) is 52.7 Å². The van der Waals surface area contributed by atoms with Crippen molar-refractivity contribution in [3.8, 4) is 16.9 Å². The summed E-state index contributed by atoms with van der Waals surface area (Å²) in [6.07, 6.45) is -0.413. The number of benzene rings is 4. The summed E-state index contributed by atoms with van der Waals surface area (Å²) in [5.74, 6) is -1.29. The molecule has 1 fully saturated rings. The number of hydrogen-bond donors (Lipinski definition) is 6. The molecule has 16 nitrogen and oxygen atoms in total. The Labute approximate surface area is 430 Å². The summed E-state index contributed by atoms with van der Waals surface area (Å²) < 4.78 is 89.2. The van der Waals surface area contributed by atoms with Gasteiger partial charge in [0.2, 0.25) is 0 Å². The van der Waals surface area contributed by atoms with E-state index < -0.39 is 45.3 Å². The van der Waals surface area contributed by atoms with Crippen LogP contribution in [0.2, 0.25) is 10.0 Å². The minimum Gasteiger partial charge on any atom is -0.322 e. The predicted octanol–water partition coefficient (Wildman–Crippen LogP) is 9.68.